The highest BCUT2D eigenvalue weighted by molar-refractivity contribution is 5.27. The third kappa shape index (κ3) is 2.00. The zero-order valence-electron chi connectivity index (χ0n) is 6.84. The van der Waals surface area contributed by atoms with Gasteiger partial charge in [-0.05, 0) is 6.07 Å². The fourth-order valence-electron chi connectivity index (χ4n) is 1.06. The van der Waals surface area contributed by atoms with Crippen molar-refractivity contribution in [1.29, 1.82) is 0 Å². The number of hydrogen-bond donors (Lipinski definition) is 0. The first-order valence-corrected chi connectivity index (χ1v) is 3.96. The van der Waals surface area contributed by atoms with E-state index in [1.54, 1.807) is 6.07 Å². The van der Waals surface area contributed by atoms with E-state index >= 15 is 0 Å². The van der Waals surface area contributed by atoms with Crippen molar-refractivity contribution >= 4 is 5.69 Å². The molecule has 5 nitrogen and oxygen atoms in total. The van der Waals surface area contributed by atoms with Crippen LogP contribution < -0.4 is 0 Å². The second kappa shape index (κ2) is 3.10. The van der Waals surface area contributed by atoms with E-state index < -0.39 is 4.92 Å². The van der Waals surface area contributed by atoms with Gasteiger partial charge in [-0.15, -0.1) is 0 Å². The monoisotopic (exact) mass is 180 g/mol. The Bertz CT molecular complexity index is 319. The third-order valence-corrected chi connectivity index (χ3v) is 1.86. The van der Waals surface area contributed by atoms with Gasteiger partial charge in [0.05, 0.1) is 17.6 Å². The second-order valence-electron chi connectivity index (χ2n) is 2.92. The van der Waals surface area contributed by atoms with Crippen molar-refractivity contribution < 1.29 is 9.66 Å². The summed E-state index contributed by atoms with van der Waals surface area (Å²) < 4.78 is 5.02. The predicted octanol–water partition coefficient (Wildman–Crippen LogP) is 0.931. The fraction of sp³-hybridized carbons (Fsp3) is 0.375. The Kier molecular flexibility index (Phi) is 1.94. The van der Waals surface area contributed by atoms with Crippen LogP contribution in [0.5, 0.6) is 0 Å². The SMILES string of the molecule is O=[N+]([O-])c1ccc(CC2CO2)nc1. The molecule has 0 amide bonds. The molecule has 0 bridgehead atoms. The summed E-state index contributed by atoms with van der Waals surface area (Å²) in [5, 5.41) is 10.3. The van der Waals surface area contributed by atoms with E-state index in [2.05, 4.69) is 4.98 Å². The molecule has 1 unspecified atom stereocenters. The number of pyridine rings is 1. The third-order valence-electron chi connectivity index (χ3n) is 1.86. The van der Waals surface area contributed by atoms with Crippen LogP contribution in [0, 0.1) is 10.1 Å². The van der Waals surface area contributed by atoms with Crippen molar-refractivity contribution in [3.63, 3.8) is 0 Å². The van der Waals surface area contributed by atoms with Gasteiger partial charge in [0, 0.05) is 18.2 Å². The minimum absolute atomic E-state index is 0.0282. The Morgan fingerprint density at radius 2 is 2.46 bits per heavy atom. The van der Waals surface area contributed by atoms with Gasteiger partial charge in [0.1, 0.15) is 6.20 Å². The molecule has 1 aliphatic heterocycles. The van der Waals surface area contributed by atoms with Gasteiger partial charge in [-0.3, -0.25) is 15.1 Å². The smallest absolute Gasteiger partial charge is 0.287 e. The predicted molar refractivity (Wildman–Crippen MR) is 44.3 cm³/mol. The molecule has 1 aliphatic rings. The minimum Gasteiger partial charge on any atom is -0.373 e. The van der Waals surface area contributed by atoms with E-state index in [0.29, 0.717) is 0 Å². The van der Waals surface area contributed by atoms with Gasteiger partial charge in [0.25, 0.3) is 5.69 Å². The molecule has 13 heavy (non-hydrogen) atoms. The first-order valence-electron chi connectivity index (χ1n) is 3.96. The molecule has 2 heterocycles. The normalized spacial score (nSPS) is 19.8. The summed E-state index contributed by atoms with van der Waals surface area (Å²) in [5.74, 6) is 0. The second-order valence-corrected chi connectivity index (χ2v) is 2.92. The highest BCUT2D eigenvalue weighted by atomic mass is 16.6. The molecule has 1 saturated heterocycles. The summed E-state index contributed by atoms with van der Waals surface area (Å²) in [5.41, 5.74) is 0.869. The molecule has 0 aliphatic carbocycles. The van der Waals surface area contributed by atoms with Gasteiger partial charge >= 0.3 is 0 Å². The van der Waals surface area contributed by atoms with Gasteiger partial charge in [-0.1, -0.05) is 0 Å². The molecule has 5 heteroatoms. The lowest BCUT2D eigenvalue weighted by Crippen LogP contribution is -1.97. The number of hydrogen-bond acceptors (Lipinski definition) is 4. The van der Waals surface area contributed by atoms with E-state index in [-0.39, 0.29) is 11.8 Å². The van der Waals surface area contributed by atoms with Crippen LogP contribution in [0.4, 0.5) is 5.69 Å². The standard InChI is InChI=1S/C8H8N2O3/c11-10(12)7-2-1-6(9-4-7)3-8-5-13-8/h1-2,4,8H,3,5H2. The summed E-state index contributed by atoms with van der Waals surface area (Å²) in [7, 11) is 0. The maximum absolute atomic E-state index is 10.3. The largest absolute Gasteiger partial charge is 0.373 e. The zero-order valence-corrected chi connectivity index (χ0v) is 6.84. The van der Waals surface area contributed by atoms with E-state index in [9.17, 15) is 10.1 Å². The Morgan fingerprint density at radius 3 is 2.92 bits per heavy atom. The summed E-state index contributed by atoms with van der Waals surface area (Å²) in [6, 6.07) is 3.13. The van der Waals surface area contributed by atoms with Gasteiger partial charge in [0.2, 0.25) is 0 Å². The number of nitro groups is 1. The number of ether oxygens (including phenoxy) is 1. The number of aromatic nitrogens is 1. The molecule has 0 aromatic carbocycles. The summed E-state index contributed by atoms with van der Waals surface area (Å²) in [4.78, 5) is 13.8. The summed E-state index contributed by atoms with van der Waals surface area (Å²) in [6.07, 6.45) is 2.30. The lowest BCUT2D eigenvalue weighted by atomic mass is 10.2. The lowest BCUT2D eigenvalue weighted by molar-refractivity contribution is -0.385. The molecule has 0 spiro atoms. The first kappa shape index (κ1) is 8.12. The zero-order chi connectivity index (χ0) is 9.26. The summed E-state index contributed by atoms with van der Waals surface area (Å²) in [6.45, 7) is 0.776. The molecule has 1 aromatic heterocycles. The van der Waals surface area contributed by atoms with Gasteiger partial charge < -0.3 is 4.74 Å². The van der Waals surface area contributed by atoms with Crippen LogP contribution in [0.3, 0.4) is 0 Å². The van der Waals surface area contributed by atoms with Crippen LogP contribution in [0.2, 0.25) is 0 Å². The van der Waals surface area contributed by atoms with Crippen molar-refractivity contribution in [3.8, 4) is 0 Å². The van der Waals surface area contributed by atoms with Crippen molar-refractivity contribution in [2.45, 2.75) is 12.5 Å². The minimum atomic E-state index is -0.454. The fourth-order valence-corrected chi connectivity index (χ4v) is 1.06. The molecule has 2 rings (SSSR count). The maximum Gasteiger partial charge on any atom is 0.287 e. The topological polar surface area (TPSA) is 68.6 Å². The molecule has 0 radical (unpaired) electrons. The van der Waals surface area contributed by atoms with Gasteiger partial charge in [-0.25, -0.2) is 0 Å². The highest BCUT2D eigenvalue weighted by Gasteiger charge is 2.23. The number of epoxide rings is 1. The molecule has 1 atom stereocenters. The molecule has 0 saturated carbocycles. The molecule has 1 aromatic rings. The quantitative estimate of drug-likeness (QED) is 0.394. The average molecular weight is 180 g/mol. The molecule has 0 N–H and O–H groups in total. The molecular weight excluding hydrogens is 172 g/mol. The average Bonchev–Trinajstić information content (AvgIpc) is 2.89. The first-order chi connectivity index (χ1) is 6.25. The highest BCUT2D eigenvalue weighted by Crippen LogP contribution is 2.16. The Balaban J connectivity index is 2.08. The molecular formula is C8H8N2O3. The Labute approximate surface area is 74.5 Å². The molecule has 1 fully saturated rings. The maximum atomic E-state index is 10.3. The van der Waals surface area contributed by atoms with E-state index in [0.717, 1.165) is 18.7 Å². The van der Waals surface area contributed by atoms with Crippen molar-refractivity contribution in [3.05, 3.63) is 34.1 Å². The Morgan fingerprint density at radius 1 is 1.69 bits per heavy atom. The van der Waals surface area contributed by atoms with Crippen molar-refractivity contribution in [2.75, 3.05) is 6.61 Å². The number of rotatable bonds is 3. The van der Waals surface area contributed by atoms with E-state index in [1.807, 2.05) is 0 Å². The van der Waals surface area contributed by atoms with Crippen molar-refractivity contribution in [2.24, 2.45) is 0 Å². The molecule has 68 valence electrons. The van der Waals surface area contributed by atoms with E-state index in [4.69, 9.17) is 4.74 Å². The van der Waals surface area contributed by atoms with Crippen LogP contribution in [0.1, 0.15) is 5.69 Å². The lowest BCUT2D eigenvalue weighted by Gasteiger charge is -1.95. The van der Waals surface area contributed by atoms with Crippen LogP contribution in [-0.2, 0) is 11.2 Å². The van der Waals surface area contributed by atoms with Crippen molar-refractivity contribution in [1.82, 2.24) is 4.98 Å². The van der Waals surface area contributed by atoms with Gasteiger partial charge in [0.15, 0.2) is 0 Å². The summed E-state index contributed by atoms with van der Waals surface area (Å²) >= 11 is 0. The van der Waals surface area contributed by atoms with Crippen LogP contribution >= 0.6 is 0 Å². The van der Waals surface area contributed by atoms with E-state index in [1.165, 1.54) is 12.3 Å². The number of nitrogens with zero attached hydrogens (tertiary/aromatic N) is 2. The van der Waals surface area contributed by atoms with Gasteiger partial charge in [-0.2, -0.15) is 0 Å². The Hall–Kier alpha value is -1.49. The van der Waals surface area contributed by atoms with Crippen LogP contribution in [0.15, 0.2) is 18.3 Å². The van der Waals surface area contributed by atoms with Crippen LogP contribution in [-0.4, -0.2) is 22.6 Å². The van der Waals surface area contributed by atoms with Crippen LogP contribution in [0.25, 0.3) is 0 Å².